The maximum absolute atomic E-state index is 13.0. The molecule has 150 valence electrons. The van der Waals surface area contributed by atoms with Gasteiger partial charge in [-0.05, 0) is 57.5 Å². The molecule has 5 heteroatoms. The summed E-state index contributed by atoms with van der Waals surface area (Å²) < 4.78 is 1.73. The summed E-state index contributed by atoms with van der Waals surface area (Å²) >= 11 is 0. The average Bonchev–Trinajstić information content (AvgIpc) is 3.16. The fraction of sp³-hybridized carbons (Fsp3) is 0.160. The van der Waals surface area contributed by atoms with Crippen molar-refractivity contribution in [2.24, 2.45) is 0 Å². The van der Waals surface area contributed by atoms with Crippen LogP contribution in [-0.4, -0.2) is 20.7 Å². The third-order valence-corrected chi connectivity index (χ3v) is 5.00. The Bertz CT molecular complexity index is 1220. The van der Waals surface area contributed by atoms with E-state index in [1.54, 1.807) is 4.68 Å². The highest BCUT2D eigenvalue weighted by molar-refractivity contribution is 6.02. The molecular weight excluding hydrogens is 372 g/mol. The Labute approximate surface area is 176 Å². The third-order valence-electron chi connectivity index (χ3n) is 5.00. The van der Waals surface area contributed by atoms with Crippen LogP contribution in [0.3, 0.4) is 0 Å². The fourth-order valence-corrected chi connectivity index (χ4v) is 3.38. The summed E-state index contributed by atoms with van der Waals surface area (Å²) in [6.45, 7) is 8.07. The van der Waals surface area contributed by atoms with Crippen LogP contribution in [0, 0.1) is 27.7 Å². The van der Waals surface area contributed by atoms with Crippen LogP contribution in [0.1, 0.15) is 32.9 Å². The van der Waals surface area contributed by atoms with Crippen molar-refractivity contribution in [3.05, 3.63) is 94.8 Å². The van der Waals surface area contributed by atoms with Gasteiger partial charge in [-0.3, -0.25) is 4.79 Å². The van der Waals surface area contributed by atoms with Gasteiger partial charge in [-0.1, -0.05) is 59.2 Å². The van der Waals surface area contributed by atoms with Gasteiger partial charge >= 0.3 is 0 Å². The van der Waals surface area contributed by atoms with Crippen molar-refractivity contribution >= 4 is 11.6 Å². The Morgan fingerprint density at radius 2 is 1.53 bits per heavy atom. The number of carbonyl (C=O) groups is 1. The first kappa shape index (κ1) is 19.6. The second-order valence-electron chi connectivity index (χ2n) is 7.65. The van der Waals surface area contributed by atoms with E-state index in [1.807, 2.05) is 94.4 Å². The van der Waals surface area contributed by atoms with Crippen LogP contribution in [0.5, 0.6) is 0 Å². The molecule has 0 aliphatic heterocycles. The van der Waals surface area contributed by atoms with Crippen LogP contribution < -0.4 is 5.32 Å². The van der Waals surface area contributed by atoms with Crippen LogP contribution in [0.15, 0.2) is 66.7 Å². The number of nitrogens with zero attached hydrogens (tertiary/aromatic N) is 3. The monoisotopic (exact) mass is 396 g/mol. The Hall–Kier alpha value is -3.73. The molecular formula is C25H24N4O. The summed E-state index contributed by atoms with van der Waals surface area (Å²) in [6, 6.07) is 21.9. The maximum atomic E-state index is 13.0. The minimum absolute atomic E-state index is 0.132. The highest BCUT2D eigenvalue weighted by Crippen LogP contribution is 2.23. The molecule has 1 amide bonds. The molecule has 30 heavy (non-hydrogen) atoms. The van der Waals surface area contributed by atoms with Gasteiger partial charge in [0.1, 0.15) is 0 Å². The molecule has 0 saturated heterocycles. The topological polar surface area (TPSA) is 59.8 Å². The second-order valence-corrected chi connectivity index (χ2v) is 7.65. The number of nitrogens with one attached hydrogen (secondary N) is 1. The van der Waals surface area contributed by atoms with Crippen molar-refractivity contribution in [2.45, 2.75) is 27.7 Å². The number of anilines is 1. The standard InChI is InChI=1S/C25H24N4O/c1-16-8-11-21(12-9-16)29-24(20-7-5-6-17(2)15-20)27-23(28-29)25(30)26-22-13-10-18(3)14-19(22)4/h5-15H,1-4H3,(H,26,30). The van der Waals surface area contributed by atoms with Gasteiger partial charge in [0.05, 0.1) is 5.69 Å². The molecule has 0 unspecified atom stereocenters. The quantitative estimate of drug-likeness (QED) is 0.501. The summed E-state index contributed by atoms with van der Waals surface area (Å²) in [6.07, 6.45) is 0. The van der Waals surface area contributed by atoms with E-state index in [0.717, 1.165) is 39.2 Å². The molecule has 4 aromatic rings. The van der Waals surface area contributed by atoms with Crippen LogP contribution in [-0.2, 0) is 0 Å². The minimum atomic E-state index is -0.332. The number of hydrogen-bond acceptors (Lipinski definition) is 3. The molecule has 0 bridgehead atoms. The zero-order valence-corrected chi connectivity index (χ0v) is 17.6. The molecule has 4 rings (SSSR count). The number of rotatable bonds is 4. The fourth-order valence-electron chi connectivity index (χ4n) is 3.38. The van der Waals surface area contributed by atoms with Gasteiger partial charge in [0.2, 0.25) is 5.82 Å². The number of aromatic nitrogens is 3. The third kappa shape index (κ3) is 4.01. The molecule has 0 saturated carbocycles. The van der Waals surface area contributed by atoms with Crippen molar-refractivity contribution in [2.75, 3.05) is 5.32 Å². The van der Waals surface area contributed by atoms with E-state index in [1.165, 1.54) is 0 Å². The number of carbonyl (C=O) groups excluding carboxylic acids is 1. The summed E-state index contributed by atoms with van der Waals surface area (Å²) in [5, 5.41) is 7.49. The van der Waals surface area contributed by atoms with Gasteiger partial charge in [0.25, 0.3) is 5.91 Å². The predicted octanol–water partition coefficient (Wildman–Crippen LogP) is 5.42. The Morgan fingerprint density at radius 3 is 2.23 bits per heavy atom. The molecule has 1 N–H and O–H groups in total. The number of benzene rings is 3. The van der Waals surface area contributed by atoms with Crippen LogP contribution >= 0.6 is 0 Å². The molecule has 1 aromatic heterocycles. The lowest BCUT2D eigenvalue weighted by molar-refractivity contribution is 0.101. The van der Waals surface area contributed by atoms with E-state index >= 15 is 0 Å². The van der Waals surface area contributed by atoms with Crippen molar-refractivity contribution in [1.82, 2.24) is 14.8 Å². The first-order valence-electron chi connectivity index (χ1n) is 9.90. The van der Waals surface area contributed by atoms with Crippen molar-refractivity contribution in [1.29, 1.82) is 0 Å². The molecule has 0 radical (unpaired) electrons. The molecule has 3 aromatic carbocycles. The van der Waals surface area contributed by atoms with Crippen molar-refractivity contribution in [3.8, 4) is 17.1 Å². The van der Waals surface area contributed by atoms with Crippen LogP contribution in [0.2, 0.25) is 0 Å². The summed E-state index contributed by atoms with van der Waals surface area (Å²) in [5.74, 6) is 0.433. The van der Waals surface area contributed by atoms with Gasteiger partial charge in [0.15, 0.2) is 5.82 Å². The van der Waals surface area contributed by atoms with Gasteiger partial charge < -0.3 is 5.32 Å². The molecule has 1 heterocycles. The first-order valence-corrected chi connectivity index (χ1v) is 9.90. The SMILES string of the molecule is Cc1ccc(-n2nc(C(=O)Nc3ccc(C)cc3C)nc2-c2cccc(C)c2)cc1. The van der Waals surface area contributed by atoms with E-state index in [-0.39, 0.29) is 11.7 Å². The van der Waals surface area contributed by atoms with Gasteiger partial charge in [0, 0.05) is 11.3 Å². The predicted molar refractivity (Wildman–Crippen MR) is 120 cm³/mol. The summed E-state index contributed by atoms with van der Waals surface area (Å²) in [4.78, 5) is 17.6. The van der Waals surface area contributed by atoms with Gasteiger partial charge in [-0.15, -0.1) is 5.10 Å². The highest BCUT2D eigenvalue weighted by atomic mass is 16.2. The largest absolute Gasteiger partial charge is 0.319 e. The second kappa shape index (κ2) is 7.95. The van der Waals surface area contributed by atoms with Crippen molar-refractivity contribution < 1.29 is 4.79 Å². The van der Waals surface area contributed by atoms with E-state index in [9.17, 15) is 4.79 Å². The number of amides is 1. The lowest BCUT2D eigenvalue weighted by atomic mass is 10.1. The molecule has 0 aliphatic carbocycles. The average molecular weight is 396 g/mol. The van der Waals surface area contributed by atoms with Crippen LogP contribution in [0.25, 0.3) is 17.1 Å². The van der Waals surface area contributed by atoms with E-state index in [2.05, 4.69) is 15.4 Å². The zero-order valence-electron chi connectivity index (χ0n) is 17.6. The van der Waals surface area contributed by atoms with E-state index in [0.29, 0.717) is 5.82 Å². The first-order chi connectivity index (χ1) is 14.4. The molecule has 0 aliphatic rings. The normalized spacial score (nSPS) is 10.8. The molecule has 5 nitrogen and oxygen atoms in total. The molecule has 0 atom stereocenters. The minimum Gasteiger partial charge on any atom is -0.319 e. The number of hydrogen-bond donors (Lipinski definition) is 1. The number of aryl methyl sites for hydroxylation is 4. The summed E-state index contributed by atoms with van der Waals surface area (Å²) in [7, 11) is 0. The Balaban J connectivity index is 1.76. The highest BCUT2D eigenvalue weighted by Gasteiger charge is 2.19. The Morgan fingerprint density at radius 1 is 0.833 bits per heavy atom. The smallest absolute Gasteiger partial charge is 0.295 e. The van der Waals surface area contributed by atoms with Gasteiger partial charge in [-0.25, -0.2) is 9.67 Å². The maximum Gasteiger partial charge on any atom is 0.295 e. The lowest BCUT2D eigenvalue weighted by Gasteiger charge is -2.07. The van der Waals surface area contributed by atoms with E-state index in [4.69, 9.17) is 0 Å². The zero-order chi connectivity index (χ0) is 21.3. The summed E-state index contributed by atoms with van der Waals surface area (Å²) in [5.41, 5.74) is 6.95. The van der Waals surface area contributed by atoms with Crippen molar-refractivity contribution in [3.63, 3.8) is 0 Å². The van der Waals surface area contributed by atoms with E-state index < -0.39 is 0 Å². The molecule has 0 spiro atoms. The van der Waals surface area contributed by atoms with Gasteiger partial charge in [-0.2, -0.15) is 0 Å². The lowest BCUT2D eigenvalue weighted by Crippen LogP contribution is -2.15. The Kier molecular flexibility index (Phi) is 5.19. The van der Waals surface area contributed by atoms with Crippen LogP contribution in [0.4, 0.5) is 5.69 Å². The molecule has 0 fully saturated rings.